The lowest BCUT2D eigenvalue weighted by atomic mass is 10.00. The third-order valence-electron chi connectivity index (χ3n) is 5.36. The number of aromatic nitrogens is 4. The van der Waals surface area contributed by atoms with E-state index in [4.69, 9.17) is 4.74 Å². The first kappa shape index (κ1) is 16.6. The monoisotopic (exact) mass is 369 g/mol. The van der Waals surface area contributed by atoms with Gasteiger partial charge in [-0.3, -0.25) is 4.68 Å². The second-order valence-electron chi connectivity index (χ2n) is 7.27. The molecule has 28 heavy (non-hydrogen) atoms. The van der Waals surface area contributed by atoms with E-state index < -0.39 is 0 Å². The maximum atomic E-state index is 9.20. The summed E-state index contributed by atoms with van der Waals surface area (Å²) in [6.45, 7) is 2.06. The highest BCUT2D eigenvalue weighted by molar-refractivity contribution is 5.81. The Balaban J connectivity index is 1.50. The van der Waals surface area contributed by atoms with Crippen molar-refractivity contribution in [3.05, 3.63) is 71.2 Å². The highest BCUT2D eigenvalue weighted by atomic mass is 16.5. The van der Waals surface area contributed by atoms with Crippen molar-refractivity contribution in [3.63, 3.8) is 0 Å². The van der Waals surface area contributed by atoms with E-state index >= 15 is 0 Å². The van der Waals surface area contributed by atoms with Crippen LogP contribution in [0.3, 0.4) is 0 Å². The molecule has 2 aromatic carbocycles. The maximum absolute atomic E-state index is 9.20. The van der Waals surface area contributed by atoms with Gasteiger partial charge in [-0.25, -0.2) is 4.68 Å². The Labute approximate surface area is 162 Å². The largest absolute Gasteiger partial charge is 0.486 e. The molecule has 2 heterocycles. The first-order valence-corrected chi connectivity index (χ1v) is 9.29. The first-order valence-electron chi connectivity index (χ1n) is 9.29. The van der Waals surface area contributed by atoms with Gasteiger partial charge in [-0.2, -0.15) is 15.5 Å². The molecule has 0 amide bonds. The van der Waals surface area contributed by atoms with Crippen molar-refractivity contribution in [2.45, 2.75) is 25.9 Å². The molecule has 2 aromatic heterocycles. The molecule has 0 radical (unpaired) electrons. The fourth-order valence-corrected chi connectivity index (χ4v) is 4.11. The molecule has 138 valence electrons. The van der Waals surface area contributed by atoms with E-state index in [0.29, 0.717) is 0 Å². The van der Waals surface area contributed by atoms with Crippen molar-refractivity contribution in [2.75, 3.05) is 0 Å². The Morgan fingerprint density at radius 2 is 2.07 bits per heavy atom. The zero-order valence-electron chi connectivity index (χ0n) is 15.8. The molecular weight excluding hydrogens is 350 g/mol. The number of nitrogens with zero attached hydrogens (tertiary/aromatic N) is 5. The van der Waals surface area contributed by atoms with E-state index in [1.165, 1.54) is 11.1 Å². The van der Waals surface area contributed by atoms with Crippen LogP contribution in [0.25, 0.3) is 16.6 Å². The van der Waals surface area contributed by atoms with Crippen molar-refractivity contribution in [1.82, 2.24) is 19.6 Å². The summed E-state index contributed by atoms with van der Waals surface area (Å²) in [6, 6.07) is 12.2. The van der Waals surface area contributed by atoms with Gasteiger partial charge in [-0.15, -0.1) is 0 Å². The van der Waals surface area contributed by atoms with Gasteiger partial charge >= 0.3 is 0 Å². The molecule has 5 rings (SSSR count). The van der Waals surface area contributed by atoms with Crippen LogP contribution in [0.2, 0.25) is 0 Å². The Morgan fingerprint density at radius 3 is 2.86 bits per heavy atom. The normalized spacial score (nSPS) is 15.5. The Kier molecular flexibility index (Phi) is 3.69. The van der Waals surface area contributed by atoms with E-state index in [-0.39, 0.29) is 6.10 Å². The van der Waals surface area contributed by atoms with Crippen LogP contribution in [-0.2, 0) is 13.5 Å². The van der Waals surface area contributed by atoms with Gasteiger partial charge in [-0.1, -0.05) is 0 Å². The van der Waals surface area contributed by atoms with Crippen LogP contribution in [0.1, 0.15) is 34.8 Å². The average molecular weight is 369 g/mol. The summed E-state index contributed by atoms with van der Waals surface area (Å²) < 4.78 is 10.0. The number of hydrogen-bond acceptors (Lipinski definition) is 4. The van der Waals surface area contributed by atoms with Crippen LogP contribution < -0.4 is 4.74 Å². The highest BCUT2D eigenvalue weighted by Crippen LogP contribution is 2.38. The molecule has 0 saturated heterocycles. The fraction of sp³-hybridized carbons (Fsp3) is 0.227. The molecular formula is C22H19N5O. The molecule has 0 spiro atoms. The smallest absolute Gasteiger partial charge is 0.125 e. The Hall–Kier alpha value is -3.59. The topological polar surface area (TPSA) is 68.7 Å². The van der Waals surface area contributed by atoms with Gasteiger partial charge in [0, 0.05) is 18.5 Å². The second kappa shape index (κ2) is 6.24. The average Bonchev–Trinajstić information content (AvgIpc) is 3.40. The summed E-state index contributed by atoms with van der Waals surface area (Å²) in [4.78, 5) is 0. The number of aryl methyl sites for hydroxylation is 3. The summed E-state index contributed by atoms with van der Waals surface area (Å²) >= 11 is 0. The zero-order valence-corrected chi connectivity index (χ0v) is 15.8. The van der Waals surface area contributed by atoms with Gasteiger partial charge in [0.1, 0.15) is 17.5 Å². The van der Waals surface area contributed by atoms with Crippen molar-refractivity contribution in [3.8, 4) is 17.5 Å². The fourth-order valence-electron chi connectivity index (χ4n) is 4.11. The van der Waals surface area contributed by atoms with Crippen LogP contribution in [0.4, 0.5) is 0 Å². The van der Waals surface area contributed by atoms with E-state index in [9.17, 15) is 5.26 Å². The second-order valence-corrected chi connectivity index (χ2v) is 7.27. The third-order valence-corrected chi connectivity index (χ3v) is 5.36. The molecule has 0 unspecified atom stereocenters. The number of benzene rings is 2. The summed E-state index contributed by atoms with van der Waals surface area (Å²) in [7, 11) is 1.89. The molecule has 0 fully saturated rings. The summed E-state index contributed by atoms with van der Waals surface area (Å²) in [5.41, 5.74) is 6.20. The van der Waals surface area contributed by atoms with E-state index in [1.807, 2.05) is 54.5 Å². The summed E-state index contributed by atoms with van der Waals surface area (Å²) in [5, 5.41) is 19.0. The van der Waals surface area contributed by atoms with Gasteiger partial charge < -0.3 is 4.74 Å². The van der Waals surface area contributed by atoms with Gasteiger partial charge in [0.25, 0.3) is 0 Å². The molecule has 0 saturated carbocycles. The zero-order chi connectivity index (χ0) is 19.3. The third kappa shape index (κ3) is 2.64. The summed E-state index contributed by atoms with van der Waals surface area (Å²) in [6.07, 6.45) is 7.45. The standard InChI is InChI=1S/C22H19N5O/c1-14-7-15(10-23)8-16-4-6-21(22(14)16)28-19-5-3-17-11-25-27(20(17)9-19)18-12-24-26(2)13-18/h3,5,7-9,11-13,21H,4,6H2,1-2H3/t21-/m1/s1. The number of fused-ring (bicyclic) bond motifs is 2. The molecule has 0 bridgehead atoms. The molecule has 1 aliphatic rings. The number of rotatable bonds is 3. The van der Waals surface area contributed by atoms with Crippen molar-refractivity contribution < 1.29 is 4.74 Å². The minimum atomic E-state index is 0.00922. The van der Waals surface area contributed by atoms with Crippen molar-refractivity contribution in [2.24, 2.45) is 7.05 Å². The molecule has 6 heteroatoms. The predicted octanol–water partition coefficient (Wildman–Crippen LogP) is 4.01. The van der Waals surface area contributed by atoms with E-state index in [2.05, 4.69) is 23.2 Å². The molecule has 0 aliphatic heterocycles. The minimum Gasteiger partial charge on any atom is -0.486 e. The van der Waals surface area contributed by atoms with Gasteiger partial charge in [0.2, 0.25) is 0 Å². The van der Waals surface area contributed by atoms with Crippen LogP contribution in [0.15, 0.2) is 48.9 Å². The highest BCUT2D eigenvalue weighted by Gasteiger charge is 2.26. The van der Waals surface area contributed by atoms with Crippen LogP contribution >= 0.6 is 0 Å². The number of ether oxygens (including phenoxy) is 1. The lowest BCUT2D eigenvalue weighted by Crippen LogP contribution is -2.05. The number of hydrogen-bond donors (Lipinski definition) is 0. The SMILES string of the molecule is Cc1cc(C#N)cc2c1[C@H](Oc1ccc3cnn(-c4cnn(C)c4)c3c1)CC2. The molecule has 6 nitrogen and oxygen atoms in total. The van der Waals surface area contributed by atoms with Gasteiger partial charge in [0.15, 0.2) is 0 Å². The van der Waals surface area contributed by atoms with Crippen molar-refractivity contribution >= 4 is 10.9 Å². The van der Waals surface area contributed by atoms with E-state index in [1.54, 1.807) is 10.9 Å². The minimum absolute atomic E-state index is 0.00922. The van der Waals surface area contributed by atoms with E-state index in [0.717, 1.165) is 46.3 Å². The Morgan fingerprint density at radius 1 is 1.18 bits per heavy atom. The number of nitriles is 1. The lowest BCUT2D eigenvalue weighted by molar-refractivity contribution is 0.207. The molecule has 0 N–H and O–H groups in total. The van der Waals surface area contributed by atoms with Crippen molar-refractivity contribution in [1.29, 1.82) is 5.26 Å². The quantitative estimate of drug-likeness (QED) is 0.547. The first-order chi connectivity index (χ1) is 13.6. The Bertz CT molecular complexity index is 1240. The van der Waals surface area contributed by atoms with Gasteiger partial charge in [0.05, 0.1) is 35.7 Å². The maximum Gasteiger partial charge on any atom is 0.125 e. The van der Waals surface area contributed by atoms with Gasteiger partial charge in [-0.05, 0) is 60.7 Å². The lowest BCUT2D eigenvalue weighted by Gasteiger charge is -2.17. The molecule has 1 atom stereocenters. The van der Waals surface area contributed by atoms with Crippen LogP contribution in [0, 0.1) is 18.3 Å². The van der Waals surface area contributed by atoms with Crippen LogP contribution in [0.5, 0.6) is 5.75 Å². The molecule has 4 aromatic rings. The van der Waals surface area contributed by atoms with Crippen LogP contribution in [-0.4, -0.2) is 19.6 Å². The summed E-state index contributed by atoms with van der Waals surface area (Å²) in [5.74, 6) is 0.819. The predicted molar refractivity (Wildman–Crippen MR) is 105 cm³/mol. The molecule has 1 aliphatic carbocycles.